The average molecular weight is 313 g/mol. The highest BCUT2D eigenvalue weighted by Gasteiger charge is 2.00. The summed E-state index contributed by atoms with van der Waals surface area (Å²) in [5.74, 6) is 0.472. The van der Waals surface area contributed by atoms with Gasteiger partial charge in [0.1, 0.15) is 11.8 Å². The smallest absolute Gasteiger partial charge is 0.244 e. The van der Waals surface area contributed by atoms with Gasteiger partial charge >= 0.3 is 0 Å². The summed E-state index contributed by atoms with van der Waals surface area (Å²) in [6.07, 6.45) is 4.98. The van der Waals surface area contributed by atoms with Gasteiger partial charge in [0.15, 0.2) is 6.61 Å². The lowest BCUT2D eigenvalue weighted by Gasteiger charge is -2.01. The second-order valence-corrected chi connectivity index (χ2v) is 5.73. The summed E-state index contributed by atoms with van der Waals surface area (Å²) in [4.78, 5) is 16.9. The molecule has 0 bridgehead atoms. The normalized spacial score (nSPS) is 10.4. The number of hydrogen-bond acceptors (Lipinski definition) is 5. The van der Waals surface area contributed by atoms with Gasteiger partial charge < -0.3 is 10.1 Å². The summed E-state index contributed by atoms with van der Waals surface area (Å²) in [6.45, 7) is 2.43. The first kappa shape index (κ1) is 15.7. The molecular formula is C16H15N3O2S. The molecule has 0 atom stereocenters. The zero-order valence-corrected chi connectivity index (χ0v) is 12.9. The molecule has 0 saturated heterocycles. The number of thiazole rings is 1. The van der Waals surface area contributed by atoms with Crippen LogP contribution in [0.1, 0.15) is 15.4 Å². The minimum absolute atomic E-state index is 0.0225. The van der Waals surface area contributed by atoms with Crippen LogP contribution in [0.4, 0.5) is 0 Å². The third-order valence-electron chi connectivity index (χ3n) is 2.72. The van der Waals surface area contributed by atoms with Crippen molar-refractivity contribution >= 4 is 23.3 Å². The molecule has 22 heavy (non-hydrogen) atoms. The number of amides is 1. The van der Waals surface area contributed by atoms with Gasteiger partial charge in [-0.05, 0) is 30.7 Å². The predicted molar refractivity (Wildman–Crippen MR) is 85.3 cm³/mol. The van der Waals surface area contributed by atoms with E-state index in [1.165, 1.54) is 6.08 Å². The minimum Gasteiger partial charge on any atom is -0.479 e. The third kappa shape index (κ3) is 5.04. The van der Waals surface area contributed by atoms with Crippen LogP contribution in [0, 0.1) is 18.3 Å². The molecule has 1 aromatic heterocycles. The molecule has 0 aliphatic heterocycles. The average Bonchev–Trinajstić information content (AvgIpc) is 2.95. The van der Waals surface area contributed by atoms with Crippen molar-refractivity contribution in [3.63, 3.8) is 0 Å². The summed E-state index contributed by atoms with van der Waals surface area (Å²) in [5, 5.41) is 12.2. The van der Waals surface area contributed by atoms with Crippen molar-refractivity contribution in [2.45, 2.75) is 13.5 Å². The molecule has 2 rings (SSSR count). The van der Waals surface area contributed by atoms with Crippen LogP contribution in [0.2, 0.25) is 0 Å². The van der Waals surface area contributed by atoms with Gasteiger partial charge in [-0.25, -0.2) is 4.98 Å². The van der Waals surface area contributed by atoms with E-state index in [-0.39, 0.29) is 12.5 Å². The Bertz CT molecular complexity index is 699. The molecule has 1 aromatic carbocycles. The van der Waals surface area contributed by atoms with Crippen molar-refractivity contribution in [3.8, 4) is 11.8 Å². The molecule has 1 heterocycles. The monoisotopic (exact) mass is 313 g/mol. The number of nitrogens with zero attached hydrogens (tertiary/aromatic N) is 2. The molecule has 112 valence electrons. The van der Waals surface area contributed by atoms with Crippen LogP contribution in [-0.4, -0.2) is 17.5 Å². The first-order chi connectivity index (χ1) is 10.7. The number of carbonyl (C=O) groups is 1. The Labute approximate surface area is 132 Å². The molecule has 1 N–H and O–H groups in total. The van der Waals surface area contributed by atoms with Gasteiger partial charge in [0.05, 0.1) is 11.6 Å². The van der Waals surface area contributed by atoms with Crippen LogP contribution in [-0.2, 0) is 11.3 Å². The number of aryl methyl sites for hydroxylation is 1. The number of carbonyl (C=O) groups excluding carboxylic acids is 1. The van der Waals surface area contributed by atoms with Gasteiger partial charge in [0, 0.05) is 17.2 Å². The maximum Gasteiger partial charge on any atom is 0.244 e. The fraction of sp³-hybridized carbons (Fsp3) is 0.188. The zero-order valence-electron chi connectivity index (χ0n) is 12.1. The lowest BCUT2D eigenvalue weighted by molar-refractivity contribution is -0.116. The van der Waals surface area contributed by atoms with Crippen molar-refractivity contribution in [2.75, 3.05) is 6.61 Å². The van der Waals surface area contributed by atoms with Crippen LogP contribution >= 0.6 is 11.3 Å². The van der Waals surface area contributed by atoms with Crippen molar-refractivity contribution in [2.24, 2.45) is 0 Å². The molecule has 0 spiro atoms. The molecule has 0 saturated carbocycles. The number of nitrogens with one attached hydrogen (secondary N) is 1. The van der Waals surface area contributed by atoms with Crippen LogP contribution < -0.4 is 10.1 Å². The lowest BCUT2D eigenvalue weighted by Crippen LogP contribution is -2.19. The van der Waals surface area contributed by atoms with E-state index in [0.717, 1.165) is 15.4 Å². The molecular weight excluding hydrogens is 298 g/mol. The van der Waals surface area contributed by atoms with Gasteiger partial charge in [-0.3, -0.25) is 4.79 Å². The Kier molecular flexibility index (Phi) is 5.69. The molecule has 0 radical (unpaired) electrons. The van der Waals surface area contributed by atoms with Gasteiger partial charge in [0.2, 0.25) is 5.91 Å². The number of nitriles is 1. The van der Waals surface area contributed by atoms with E-state index in [1.54, 1.807) is 35.7 Å². The quantitative estimate of drug-likeness (QED) is 0.832. The number of benzene rings is 1. The van der Waals surface area contributed by atoms with Crippen molar-refractivity contribution in [1.82, 2.24) is 10.3 Å². The highest BCUT2D eigenvalue weighted by atomic mass is 32.1. The standard InChI is InChI=1S/C16H15N3O2S/c1-12-18-10-15(22-12)11-19-16(20)7-4-13-2-5-14(6-3-13)21-9-8-17/h2-7,10H,9,11H2,1H3,(H,19,20). The molecule has 0 aliphatic carbocycles. The van der Waals surface area contributed by atoms with Gasteiger partial charge in [-0.1, -0.05) is 12.1 Å². The van der Waals surface area contributed by atoms with E-state index < -0.39 is 0 Å². The molecule has 1 amide bonds. The summed E-state index contributed by atoms with van der Waals surface area (Å²) >= 11 is 1.57. The highest BCUT2D eigenvalue weighted by Crippen LogP contribution is 2.13. The summed E-state index contributed by atoms with van der Waals surface area (Å²) in [6, 6.07) is 9.07. The topological polar surface area (TPSA) is 75.0 Å². The Morgan fingerprint density at radius 1 is 1.45 bits per heavy atom. The Morgan fingerprint density at radius 3 is 2.86 bits per heavy atom. The summed E-state index contributed by atoms with van der Waals surface area (Å²) in [7, 11) is 0. The molecule has 5 nitrogen and oxygen atoms in total. The van der Waals surface area contributed by atoms with Crippen LogP contribution in [0.15, 0.2) is 36.5 Å². The summed E-state index contributed by atoms with van der Waals surface area (Å²) < 4.78 is 5.16. The van der Waals surface area contributed by atoms with Crippen molar-refractivity contribution in [3.05, 3.63) is 52.0 Å². The Morgan fingerprint density at radius 2 is 2.23 bits per heavy atom. The van der Waals surface area contributed by atoms with Crippen LogP contribution in [0.25, 0.3) is 6.08 Å². The second kappa shape index (κ2) is 7.96. The number of rotatable bonds is 6. The van der Waals surface area contributed by atoms with E-state index in [0.29, 0.717) is 12.3 Å². The fourth-order valence-corrected chi connectivity index (χ4v) is 2.42. The number of hydrogen-bond donors (Lipinski definition) is 1. The second-order valence-electron chi connectivity index (χ2n) is 4.41. The molecule has 0 aliphatic rings. The largest absolute Gasteiger partial charge is 0.479 e. The molecule has 0 unspecified atom stereocenters. The number of aromatic nitrogens is 1. The van der Waals surface area contributed by atoms with Crippen LogP contribution in [0.5, 0.6) is 5.75 Å². The van der Waals surface area contributed by atoms with E-state index >= 15 is 0 Å². The van der Waals surface area contributed by atoms with Crippen molar-refractivity contribution in [1.29, 1.82) is 5.26 Å². The first-order valence-corrected chi connectivity index (χ1v) is 7.46. The molecule has 6 heteroatoms. The van der Waals surface area contributed by atoms with Crippen molar-refractivity contribution < 1.29 is 9.53 Å². The Balaban J connectivity index is 1.82. The van der Waals surface area contributed by atoms with Gasteiger partial charge in [-0.2, -0.15) is 5.26 Å². The van der Waals surface area contributed by atoms with Gasteiger partial charge in [-0.15, -0.1) is 11.3 Å². The fourth-order valence-electron chi connectivity index (χ4n) is 1.68. The summed E-state index contributed by atoms with van der Waals surface area (Å²) in [5.41, 5.74) is 0.882. The molecule has 2 aromatic rings. The third-order valence-corrected chi connectivity index (χ3v) is 3.63. The SMILES string of the molecule is Cc1ncc(CNC(=O)C=Cc2ccc(OCC#N)cc2)s1. The maximum absolute atomic E-state index is 11.7. The van der Waals surface area contributed by atoms with E-state index in [4.69, 9.17) is 10.00 Å². The maximum atomic E-state index is 11.7. The van der Waals surface area contributed by atoms with Gasteiger partial charge in [0.25, 0.3) is 0 Å². The lowest BCUT2D eigenvalue weighted by atomic mass is 10.2. The van der Waals surface area contributed by atoms with E-state index in [1.807, 2.05) is 25.1 Å². The zero-order chi connectivity index (χ0) is 15.8. The minimum atomic E-state index is -0.157. The molecule has 0 fully saturated rings. The highest BCUT2D eigenvalue weighted by molar-refractivity contribution is 7.11. The van der Waals surface area contributed by atoms with E-state index in [9.17, 15) is 4.79 Å². The van der Waals surface area contributed by atoms with Crippen LogP contribution in [0.3, 0.4) is 0 Å². The predicted octanol–water partition coefficient (Wildman–Crippen LogP) is 2.68. The first-order valence-electron chi connectivity index (χ1n) is 6.64. The number of ether oxygens (including phenoxy) is 1. The Hall–Kier alpha value is -2.65. The van der Waals surface area contributed by atoms with E-state index in [2.05, 4.69) is 10.3 Å².